The normalized spacial score (nSPS) is 19.3. The van der Waals surface area contributed by atoms with E-state index in [2.05, 4.69) is 25.5 Å². The van der Waals surface area contributed by atoms with Crippen LogP contribution in [0.1, 0.15) is 41.6 Å². The Morgan fingerprint density at radius 2 is 1.78 bits per heavy atom. The summed E-state index contributed by atoms with van der Waals surface area (Å²) in [5.41, 5.74) is 2.27. The van der Waals surface area contributed by atoms with Crippen LogP contribution in [0.5, 0.6) is 0 Å². The van der Waals surface area contributed by atoms with Crippen molar-refractivity contribution in [2.24, 2.45) is 5.92 Å². The maximum atomic E-state index is 14.5. The van der Waals surface area contributed by atoms with Crippen LogP contribution in [0, 0.1) is 17.6 Å². The smallest absolute Gasteiger partial charge is 0.231 e. The number of benzene rings is 2. The van der Waals surface area contributed by atoms with Gasteiger partial charge in [0.1, 0.15) is 23.1 Å². The van der Waals surface area contributed by atoms with Crippen molar-refractivity contribution >= 4 is 40.0 Å². The van der Waals surface area contributed by atoms with Gasteiger partial charge in [0.05, 0.1) is 29.7 Å². The monoisotopic (exact) mass is 562 g/mol. The average molecular weight is 563 g/mol. The lowest BCUT2D eigenvalue weighted by Crippen LogP contribution is -2.36. The zero-order valence-corrected chi connectivity index (χ0v) is 22.5. The molecule has 1 saturated heterocycles. The summed E-state index contributed by atoms with van der Waals surface area (Å²) in [6.07, 6.45) is 4.91. The van der Waals surface area contributed by atoms with Crippen LogP contribution in [0.15, 0.2) is 48.7 Å². The molecule has 41 heavy (non-hydrogen) atoms. The van der Waals surface area contributed by atoms with Gasteiger partial charge < -0.3 is 30.4 Å². The highest BCUT2D eigenvalue weighted by Gasteiger charge is 2.26. The first-order valence-electron chi connectivity index (χ1n) is 13.9. The summed E-state index contributed by atoms with van der Waals surface area (Å²) in [7, 11) is 0. The molecule has 2 aromatic carbocycles. The fraction of sp³-hybridized carbons (Fsp3) is 0.367. The molecule has 0 atom stereocenters. The average Bonchev–Trinajstić information content (AvgIpc) is 3.42. The zero-order valence-electron chi connectivity index (χ0n) is 22.5. The highest BCUT2D eigenvalue weighted by Crippen LogP contribution is 2.32. The number of hydrogen-bond donors (Lipinski definition) is 4. The van der Waals surface area contributed by atoms with Crippen molar-refractivity contribution in [1.82, 2.24) is 15.0 Å². The second-order valence-corrected chi connectivity index (χ2v) is 10.6. The number of carbonyl (C=O) groups excluding carboxylic acids is 1. The Balaban J connectivity index is 1.32. The van der Waals surface area contributed by atoms with Crippen molar-refractivity contribution < 1.29 is 23.4 Å². The molecular formula is C30H32F2N6O3. The molecule has 214 valence electrons. The molecule has 1 aliphatic carbocycles. The quantitative estimate of drug-likeness (QED) is 0.222. The van der Waals surface area contributed by atoms with Crippen molar-refractivity contribution in [2.45, 2.75) is 31.7 Å². The van der Waals surface area contributed by atoms with Gasteiger partial charge in [0.25, 0.3) is 0 Å². The van der Waals surface area contributed by atoms with Crippen LogP contribution >= 0.6 is 0 Å². The van der Waals surface area contributed by atoms with Crippen LogP contribution in [-0.4, -0.2) is 64.8 Å². The summed E-state index contributed by atoms with van der Waals surface area (Å²) in [6, 6.07) is 11.0. The molecule has 0 radical (unpaired) electrons. The van der Waals surface area contributed by atoms with Gasteiger partial charge >= 0.3 is 0 Å². The van der Waals surface area contributed by atoms with Crippen molar-refractivity contribution in [3.63, 3.8) is 0 Å². The second kappa shape index (κ2) is 11.8. The molecule has 0 unspecified atom stereocenters. The van der Waals surface area contributed by atoms with Gasteiger partial charge in [-0.25, -0.2) is 8.78 Å². The standard InChI is InChI=1S/C30H32F2N6O3/c31-19-3-10-23(25(32)15-19)27(40)24-16-33-28-26(24)29(34-20-4-1-18(17-39)2-5-20)37-30(36-28)35-21-6-8-22(9-7-21)38-11-13-41-14-12-38/h3,6-10,15-16,18,20,39H,1-2,4-5,11-14,17H2,(H3,33,34,35,36,37). The van der Waals surface area contributed by atoms with E-state index in [4.69, 9.17) is 9.72 Å². The highest BCUT2D eigenvalue weighted by atomic mass is 19.1. The van der Waals surface area contributed by atoms with E-state index in [0.29, 0.717) is 42.1 Å². The number of H-pyrrole nitrogens is 1. The van der Waals surface area contributed by atoms with E-state index in [-0.39, 0.29) is 29.7 Å². The molecule has 1 aliphatic heterocycles. The number of halogens is 2. The Bertz CT molecular complexity index is 1530. The lowest BCUT2D eigenvalue weighted by atomic mass is 9.86. The van der Waals surface area contributed by atoms with Gasteiger partial charge in [-0.1, -0.05) is 0 Å². The SMILES string of the molecule is O=C(c1ccc(F)cc1F)c1c[nH]c2nc(Nc3ccc(N4CCOCC4)cc3)nc(NC3CCC(CO)CC3)c12. The molecule has 3 heterocycles. The Labute approximate surface area is 236 Å². The van der Waals surface area contributed by atoms with Gasteiger partial charge in [-0.05, 0) is 68.0 Å². The molecule has 2 aliphatic rings. The molecule has 11 heteroatoms. The molecule has 2 fully saturated rings. The fourth-order valence-electron chi connectivity index (χ4n) is 5.58. The maximum Gasteiger partial charge on any atom is 0.231 e. The van der Waals surface area contributed by atoms with E-state index < -0.39 is 17.4 Å². The number of aromatic amines is 1. The van der Waals surface area contributed by atoms with Gasteiger partial charge in [0.15, 0.2) is 5.78 Å². The van der Waals surface area contributed by atoms with Gasteiger partial charge in [-0.15, -0.1) is 0 Å². The summed E-state index contributed by atoms with van der Waals surface area (Å²) in [4.78, 5) is 28.1. The summed E-state index contributed by atoms with van der Waals surface area (Å²) in [5, 5.41) is 16.7. The van der Waals surface area contributed by atoms with Crippen LogP contribution in [-0.2, 0) is 4.74 Å². The van der Waals surface area contributed by atoms with Crippen molar-refractivity contribution in [3.8, 4) is 0 Å². The van der Waals surface area contributed by atoms with Gasteiger partial charge in [0.2, 0.25) is 5.95 Å². The number of ketones is 1. The molecule has 0 spiro atoms. The predicted octanol–water partition coefficient (Wildman–Crippen LogP) is 5.01. The van der Waals surface area contributed by atoms with E-state index >= 15 is 0 Å². The van der Waals surface area contributed by atoms with E-state index in [9.17, 15) is 18.7 Å². The fourth-order valence-corrected chi connectivity index (χ4v) is 5.58. The van der Waals surface area contributed by atoms with Gasteiger partial charge in [0, 0.05) is 49.4 Å². The largest absolute Gasteiger partial charge is 0.396 e. The zero-order chi connectivity index (χ0) is 28.3. The first kappa shape index (κ1) is 27.1. The van der Waals surface area contributed by atoms with E-state index in [0.717, 1.165) is 62.3 Å². The number of hydrogen-bond acceptors (Lipinski definition) is 8. The van der Waals surface area contributed by atoms with Crippen LogP contribution in [0.4, 0.5) is 31.9 Å². The number of nitrogens with zero attached hydrogens (tertiary/aromatic N) is 3. The Morgan fingerprint density at radius 3 is 2.49 bits per heavy atom. The molecule has 2 aromatic heterocycles. The summed E-state index contributed by atoms with van der Waals surface area (Å²) in [5.74, 6) is -1.22. The summed E-state index contributed by atoms with van der Waals surface area (Å²) in [6.45, 7) is 3.27. The predicted molar refractivity (Wildman–Crippen MR) is 153 cm³/mol. The minimum Gasteiger partial charge on any atom is -0.396 e. The maximum absolute atomic E-state index is 14.5. The first-order valence-corrected chi connectivity index (χ1v) is 13.9. The van der Waals surface area contributed by atoms with Crippen LogP contribution in [0.3, 0.4) is 0 Å². The molecule has 4 aromatic rings. The minimum atomic E-state index is -0.930. The molecular weight excluding hydrogens is 530 g/mol. The number of nitrogens with one attached hydrogen (secondary N) is 3. The van der Waals surface area contributed by atoms with Crippen LogP contribution < -0.4 is 15.5 Å². The molecule has 0 bridgehead atoms. The third kappa shape index (κ3) is 5.86. The lowest BCUT2D eigenvalue weighted by Gasteiger charge is -2.29. The molecule has 4 N–H and O–H groups in total. The Morgan fingerprint density at radius 1 is 1.02 bits per heavy atom. The number of morpholine rings is 1. The van der Waals surface area contributed by atoms with Gasteiger partial charge in [-0.2, -0.15) is 9.97 Å². The molecule has 1 saturated carbocycles. The van der Waals surface area contributed by atoms with Crippen LogP contribution in [0.25, 0.3) is 11.0 Å². The number of anilines is 4. The summed E-state index contributed by atoms with van der Waals surface area (Å²) < 4.78 is 33.5. The molecule has 9 nitrogen and oxygen atoms in total. The number of aliphatic hydroxyl groups excluding tert-OH is 1. The van der Waals surface area contributed by atoms with E-state index in [1.165, 1.54) is 6.20 Å². The number of carbonyl (C=O) groups is 1. The number of aromatic nitrogens is 3. The Hall–Kier alpha value is -4.09. The topological polar surface area (TPSA) is 115 Å². The number of fused-ring (bicyclic) bond motifs is 1. The number of aliphatic hydroxyl groups is 1. The van der Waals surface area contributed by atoms with Crippen molar-refractivity contribution in [2.75, 3.05) is 48.4 Å². The molecule has 0 amide bonds. The number of rotatable bonds is 8. The van der Waals surface area contributed by atoms with Gasteiger partial charge in [-0.3, -0.25) is 4.79 Å². The third-order valence-corrected chi connectivity index (χ3v) is 7.90. The number of ether oxygens (including phenoxy) is 1. The lowest BCUT2D eigenvalue weighted by molar-refractivity contribution is 0.103. The first-order chi connectivity index (χ1) is 20.0. The van der Waals surface area contributed by atoms with Crippen molar-refractivity contribution in [1.29, 1.82) is 0 Å². The van der Waals surface area contributed by atoms with Crippen molar-refractivity contribution in [3.05, 3.63) is 71.4 Å². The minimum absolute atomic E-state index is 0.0805. The Kier molecular flexibility index (Phi) is 7.80. The van der Waals surface area contributed by atoms with E-state index in [1.807, 2.05) is 24.3 Å². The third-order valence-electron chi connectivity index (χ3n) is 7.90. The van der Waals surface area contributed by atoms with Crippen LogP contribution in [0.2, 0.25) is 0 Å². The van der Waals surface area contributed by atoms with E-state index in [1.54, 1.807) is 0 Å². The second-order valence-electron chi connectivity index (χ2n) is 10.6. The molecule has 6 rings (SSSR count). The highest BCUT2D eigenvalue weighted by molar-refractivity contribution is 6.18. The summed E-state index contributed by atoms with van der Waals surface area (Å²) >= 11 is 0.